The third-order valence-electron chi connectivity index (χ3n) is 2.12. The number of alkyl halides is 3. The van der Waals surface area contributed by atoms with Crippen molar-refractivity contribution in [2.75, 3.05) is 5.73 Å². The Hall–Kier alpha value is -1.30. The summed E-state index contributed by atoms with van der Waals surface area (Å²) >= 11 is 2.86. The molecule has 92 valence electrons. The Morgan fingerprint density at radius 1 is 1.41 bits per heavy atom. The van der Waals surface area contributed by atoms with E-state index < -0.39 is 11.7 Å². The molecule has 0 saturated heterocycles. The molecule has 1 aromatic rings. The van der Waals surface area contributed by atoms with Crippen LogP contribution in [0, 0.1) is 5.41 Å². The van der Waals surface area contributed by atoms with Gasteiger partial charge in [-0.25, -0.2) is 0 Å². The minimum Gasteiger partial charge on any atom is -0.399 e. The zero-order valence-electron chi connectivity index (χ0n) is 8.90. The van der Waals surface area contributed by atoms with Crippen LogP contribution in [0.2, 0.25) is 0 Å². The lowest BCUT2D eigenvalue weighted by Crippen LogP contribution is -2.09. The van der Waals surface area contributed by atoms with Crippen molar-refractivity contribution in [2.24, 2.45) is 0 Å². The standard InChI is InChI=1S/C11H10BrF3N2/c1-6(4-10(12)17)8-3-2-7(16)5-9(8)11(13,14)15/h2-5,17H,16H2,1H3. The Morgan fingerprint density at radius 2 is 2.00 bits per heavy atom. The van der Waals surface area contributed by atoms with Gasteiger partial charge in [0.2, 0.25) is 0 Å². The number of nitrogen functional groups attached to an aromatic ring is 1. The van der Waals surface area contributed by atoms with Gasteiger partial charge in [-0.15, -0.1) is 0 Å². The maximum Gasteiger partial charge on any atom is 0.417 e. The second-order valence-electron chi connectivity index (χ2n) is 3.48. The molecular formula is C11H10BrF3N2. The zero-order valence-corrected chi connectivity index (χ0v) is 10.5. The van der Waals surface area contributed by atoms with E-state index in [4.69, 9.17) is 11.1 Å². The van der Waals surface area contributed by atoms with Gasteiger partial charge >= 0.3 is 6.18 Å². The number of benzene rings is 1. The van der Waals surface area contributed by atoms with Crippen molar-refractivity contribution >= 4 is 31.8 Å². The van der Waals surface area contributed by atoms with E-state index in [0.29, 0.717) is 5.57 Å². The molecule has 0 saturated carbocycles. The van der Waals surface area contributed by atoms with Gasteiger partial charge in [-0.1, -0.05) is 6.07 Å². The van der Waals surface area contributed by atoms with Crippen molar-refractivity contribution in [1.82, 2.24) is 0 Å². The van der Waals surface area contributed by atoms with Gasteiger partial charge in [0.25, 0.3) is 0 Å². The Kier molecular flexibility index (Phi) is 3.98. The molecule has 3 N–H and O–H groups in total. The van der Waals surface area contributed by atoms with Gasteiger partial charge in [0, 0.05) is 5.69 Å². The lowest BCUT2D eigenvalue weighted by atomic mass is 9.99. The number of hydrogen-bond acceptors (Lipinski definition) is 2. The van der Waals surface area contributed by atoms with Crippen LogP contribution in [0.15, 0.2) is 24.3 Å². The van der Waals surface area contributed by atoms with Crippen molar-refractivity contribution < 1.29 is 13.2 Å². The highest BCUT2D eigenvalue weighted by molar-refractivity contribution is 9.18. The summed E-state index contributed by atoms with van der Waals surface area (Å²) in [5.74, 6) is 0. The molecule has 1 rings (SSSR count). The molecule has 0 atom stereocenters. The maximum absolute atomic E-state index is 12.8. The van der Waals surface area contributed by atoms with E-state index >= 15 is 0 Å². The molecule has 6 heteroatoms. The van der Waals surface area contributed by atoms with Gasteiger partial charge in [-0.3, -0.25) is 5.41 Å². The lowest BCUT2D eigenvalue weighted by Gasteiger charge is -2.13. The minimum atomic E-state index is -4.46. The molecule has 0 spiro atoms. The second kappa shape index (κ2) is 4.91. The molecule has 0 heterocycles. The van der Waals surface area contributed by atoms with Crippen molar-refractivity contribution in [3.05, 3.63) is 35.4 Å². The van der Waals surface area contributed by atoms with Gasteiger partial charge in [0.15, 0.2) is 0 Å². The smallest absolute Gasteiger partial charge is 0.399 e. The number of hydrogen-bond donors (Lipinski definition) is 2. The number of halogens is 4. The van der Waals surface area contributed by atoms with Crippen molar-refractivity contribution in [3.8, 4) is 0 Å². The van der Waals surface area contributed by atoms with Gasteiger partial charge in [-0.05, 0) is 52.2 Å². The fraction of sp³-hybridized carbons (Fsp3) is 0.182. The highest BCUT2D eigenvalue weighted by Gasteiger charge is 2.33. The Labute approximate surface area is 105 Å². The van der Waals surface area contributed by atoms with E-state index in [2.05, 4.69) is 15.9 Å². The Bertz CT molecular complexity index is 478. The summed E-state index contributed by atoms with van der Waals surface area (Å²) in [5.41, 5.74) is 4.99. The lowest BCUT2D eigenvalue weighted by molar-refractivity contribution is -0.137. The first-order chi connectivity index (χ1) is 7.71. The summed E-state index contributed by atoms with van der Waals surface area (Å²) in [6.45, 7) is 1.51. The summed E-state index contributed by atoms with van der Waals surface area (Å²) in [7, 11) is 0. The Morgan fingerprint density at radius 3 is 2.47 bits per heavy atom. The highest BCUT2D eigenvalue weighted by Crippen LogP contribution is 2.36. The topological polar surface area (TPSA) is 49.9 Å². The Balaban J connectivity index is 3.39. The minimum absolute atomic E-state index is 0.0138. The summed E-state index contributed by atoms with van der Waals surface area (Å²) < 4.78 is 38.3. The molecule has 2 nitrogen and oxygen atoms in total. The van der Waals surface area contributed by atoms with Crippen LogP contribution >= 0.6 is 15.9 Å². The molecule has 0 unspecified atom stereocenters. The quantitative estimate of drug-likeness (QED) is 0.628. The van der Waals surface area contributed by atoms with Gasteiger partial charge < -0.3 is 5.73 Å². The number of rotatable bonds is 2. The molecular weight excluding hydrogens is 297 g/mol. The number of allylic oxidation sites excluding steroid dienone is 2. The van der Waals surface area contributed by atoms with Crippen LogP contribution in [-0.2, 0) is 6.18 Å². The first-order valence-electron chi connectivity index (χ1n) is 4.61. The van der Waals surface area contributed by atoms with E-state index in [1.807, 2.05) is 0 Å². The van der Waals surface area contributed by atoms with Crippen LogP contribution in [0.1, 0.15) is 18.1 Å². The van der Waals surface area contributed by atoms with Crippen LogP contribution in [0.25, 0.3) is 5.57 Å². The average molecular weight is 307 g/mol. The number of anilines is 1. The SMILES string of the molecule is CC(=CC(=N)Br)c1ccc(N)cc1C(F)(F)F. The van der Waals surface area contributed by atoms with Crippen molar-refractivity contribution in [3.63, 3.8) is 0 Å². The van der Waals surface area contributed by atoms with Crippen molar-refractivity contribution in [2.45, 2.75) is 13.1 Å². The molecule has 0 bridgehead atoms. The van der Waals surface area contributed by atoms with Crippen LogP contribution in [0.3, 0.4) is 0 Å². The third kappa shape index (κ3) is 3.59. The predicted molar refractivity (Wildman–Crippen MR) is 66.2 cm³/mol. The predicted octanol–water partition coefficient (Wildman–Crippen LogP) is 4.06. The molecule has 17 heavy (non-hydrogen) atoms. The fourth-order valence-electron chi connectivity index (χ4n) is 1.41. The largest absolute Gasteiger partial charge is 0.417 e. The molecule has 0 aliphatic carbocycles. The first kappa shape index (κ1) is 13.8. The first-order valence-corrected chi connectivity index (χ1v) is 5.40. The molecule has 0 aliphatic rings. The monoisotopic (exact) mass is 306 g/mol. The van der Waals surface area contributed by atoms with Gasteiger partial charge in [-0.2, -0.15) is 13.2 Å². The summed E-state index contributed by atoms with van der Waals surface area (Å²) in [6.07, 6.45) is -3.16. The van der Waals surface area contributed by atoms with Gasteiger partial charge in [0.05, 0.1) is 10.2 Å². The molecule has 0 aromatic heterocycles. The average Bonchev–Trinajstić information content (AvgIpc) is 2.14. The van der Waals surface area contributed by atoms with E-state index in [1.165, 1.54) is 25.1 Å². The molecule has 0 aliphatic heterocycles. The maximum atomic E-state index is 12.8. The summed E-state index contributed by atoms with van der Waals surface area (Å²) in [6, 6.07) is 3.60. The van der Waals surface area contributed by atoms with E-state index in [9.17, 15) is 13.2 Å². The van der Waals surface area contributed by atoms with Gasteiger partial charge in [0.1, 0.15) is 0 Å². The molecule has 0 amide bonds. The summed E-state index contributed by atoms with van der Waals surface area (Å²) in [5, 5.41) is 7.18. The van der Waals surface area contributed by atoms with Crippen LogP contribution in [0.4, 0.5) is 18.9 Å². The molecule has 0 fully saturated rings. The highest BCUT2D eigenvalue weighted by atomic mass is 79.9. The second-order valence-corrected chi connectivity index (χ2v) is 4.33. The zero-order chi connectivity index (χ0) is 13.2. The van der Waals surface area contributed by atoms with E-state index in [0.717, 1.165) is 6.07 Å². The van der Waals surface area contributed by atoms with Crippen LogP contribution in [-0.4, -0.2) is 4.62 Å². The summed E-state index contributed by atoms with van der Waals surface area (Å²) in [4.78, 5) is 0. The molecule has 1 aromatic carbocycles. The van der Waals surface area contributed by atoms with Crippen LogP contribution in [0.5, 0.6) is 0 Å². The normalized spacial score (nSPS) is 12.6. The van der Waals surface area contributed by atoms with Crippen molar-refractivity contribution in [1.29, 1.82) is 5.41 Å². The van der Waals surface area contributed by atoms with Crippen LogP contribution < -0.4 is 5.73 Å². The number of nitrogens with two attached hydrogens (primary N) is 1. The third-order valence-corrected chi connectivity index (χ3v) is 2.35. The van der Waals surface area contributed by atoms with E-state index in [-0.39, 0.29) is 15.9 Å². The molecule has 0 radical (unpaired) electrons. The number of nitrogens with one attached hydrogen (secondary N) is 1. The van der Waals surface area contributed by atoms with E-state index in [1.54, 1.807) is 0 Å². The fourth-order valence-corrected chi connectivity index (χ4v) is 1.75.